The predicted octanol–water partition coefficient (Wildman–Crippen LogP) is 14.6. The molecular weight excluding hydrogens is 997 g/mol. The van der Waals surface area contributed by atoms with E-state index in [-0.39, 0.29) is 10.5 Å². The molecule has 10 heterocycles. The van der Waals surface area contributed by atoms with E-state index in [0.29, 0.717) is 78.8 Å². The van der Waals surface area contributed by atoms with Crippen molar-refractivity contribution in [3.63, 3.8) is 0 Å². The van der Waals surface area contributed by atoms with Crippen molar-refractivity contribution < 1.29 is 8.42 Å². The molecule has 0 atom stereocenters. The Bertz CT molecular complexity index is 5180. The number of benzene rings is 6. The molecule has 15 aromatic rings. The highest BCUT2D eigenvalue weighted by Gasteiger charge is 2.35. The zero-order chi connectivity index (χ0) is 52.5. The van der Waals surface area contributed by atoms with Crippen molar-refractivity contribution >= 4 is 69.8 Å². The van der Waals surface area contributed by atoms with Crippen LogP contribution in [0.25, 0.3) is 150 Å². The number of pyridine rings is 7. The van der Waals surface area contributed by atoms with Gasteiger partial charge >= 0.3 is 0 Å². The van der Waals surface area contributed by atoms with Gasteiger partial charge in [0.2, 0.25) is 0 Å². The van der Waals surface area contributed by atoms with Crippen molar-refractivity contribution in [2.75, 3.05) is 0 Å². The molecule has 0 unspecified atom stereocenters. The summed E-state index contributed by atoms with van der Waals surface area (Å²) in [6.45, 7) is 0. The van der Waals surface area contributed by atoms with Crippen molar-refractivity contribution in [3.05, 3.63) is 241 Å². The van der Waals surface area contributed by atoms with Crippen LogP contribution < -0.4 is 5.56 Å². The van der Waals surface area contributed by atoms with E-state index in [1.807, 2.05) is 186 Å². The molecule has 0 amide bonds. The highest BCUT2D eigenvalue weighted by atomic mass is 32.2. The highest BCUT2D eigenvalue weighted by molar-refractivity contribution is 7.90. The molecule has 11 nitrogen and oxygen atoms in total. The Morgan fingerprint density at radius 2 is 0.797 bits per heavy atom. The van der Waals surface area contributed by atoms with Crippen LogP contribution in [0.1, 0.15) is 0 Å². The van der Waals surface area contributed by atoms with Gasteiger partial charge in [-0.15, -0.1) is 0 Å². The molecule has 370 valence electrons. The van der Waals surface area contributed by atoms with E-state index < -0.39 is 10.0 Å². The minimum atomic E-state index is -4.20. The third kappa shape index (κ3) is 6.71. The standard InChI is InChI=1S/C67H38N8O3S/c76-67-48-15-2-1-14-44(48)46-29-27-42(63-49-16-3-5-23-60(49)74(67)65(46)63)41-36-58(54-20-9-12-33-70-54)73-59(37-41)55-22-13-21-51(71-55)39-25-26-45-47-30-28-43(64-50-17-4-6-24-61(50)75(66(47)64)79(77,78)62(45)38-39)40-34-56(52-18-7-10-31-68-52)72-57(35-40)53-19-8-11-32-69-53/h1-38H. The van der Waals surface area contributed by atoms with Crippen molar-refractivity contribution in [1.82, 2.24) is 38.3 Å². The van der Waals surface area contributed by atoms with Gasteiger partial charge in [-0.3, -0.25) is 24.1 Å². The molecule has 0 saturated heterocycles. The summed E-state index contributed by atoms with van der Waals surface area (Å²) in [5, 5.41) is 6.11. The first kappa shape index (κ1) is 44.7. The van der Waals surface area contributed by atoms with Gasteiger partial charge in [-0.1, -0.05) is 115 Å². The lowest BCUT2D eigenvalue weighted by Gasteiger charge is -2.22. The summed E-state index contributed by atoms with van der Waals surface area (Å²) in [6, 6.07) is 68.6. The van der Waals surface area contributed by atoms with Crippen LogP contribution in [0.4, 0.5) is 0 Å². The molecule has 0 fully saturated rings. The number of rotatable bonds is 7. The Morgan fingerprint density at radius 1 is 0.329 bits per heavy atom. The second-order valence-electron chi connectivity index (χ2n) is 19.8. The summed E-state index contributed by atoms with van der Waals surface area (Å²) in [5.74, 6) is 0. The molecule has 79 heavy (non-hydrogen) atoms. The lowest BCUT2D eigenvalue weighted by Crippen LogP contribution is -2.18. The first-order chi connectivity index (χ1) is 38.9. The average Bonchev–Trinajstić information content (AvgIpc) is 4.28. The van der Waals surface area contributed by atoms with E-state index in [4.69, 9.17) is 19.9 Å². The van der Waals surface area contributed by atoms with Gasteiger partial charge in [-0.25, -0.2) is 27.3 Å². The van der Waals surface area contributed by atoms with E-state index in [9.17, 15) is 4.79 Å². The van der Waals surface area contributed by atoms with Crippen LogP contribution >= 0.6 is 0 Å². The largest absolute Gasteiger partial charge is 0.275 e. The Hall–Kier alpha value is -10.6. The molecule has 0 saturated carbocycles. The minimum absolute atomic E-state index is 0.0618. The molecule has 1 aliphatic heterocycles. The summed E-state index contributed by atoms with van der Waals surface area (Å²) in [6.07, 6.45) is 5.24. The van der Waals surface area contributed by atoms with E-state index in [2.05, 4.69) is 34.2 Å². The van der Waals surface area contributed by atoms with Crippen LogP contribution in [-0.2, 0) is 10.0 Å². The van der Waals surface area contributed by atoms with Gasteiger partial charge < -0.3 is 0 Å². The van der Waals surface area contributed by atoms with Crippen molar-refractivity contribution in [3.8, 4) is 90.2 Å². The molecule has 6 aromatic carbocycles. The molecular formula is C67H38N8O3S. The van der Waals surface area contributed by atoms with Gasteiger partial charge in [0.15, 0.2) is 0 Å². The fourth-order valence-electron chi connectivity index (χ4n) is 11.9. The van der Waals surface area contributed by atoms with E-state index in [1.165, 1.54) is 3.97 Å². The molecule has 0 bridgehead atoms. The predicted molar refractivity (Wildman–Crippen MR) is 313 cm³/mol. The first-order valence-corrected chi connectivity index (χ1v) is 27.2. The first-order valence-electron chi connectivity index (χ1n) is 25.8. The fraction of sp³-hybridized carbons (Fsp3) is 0. The minimum Gasteiger partial charge on any atom is -0.275 e. The molecule has 0 spiro atoms. The van der Waals surface area contributed by atoms with Gasteiger partial charge in [0.25, 0.3) is 15.6 Å². The summed E-state index contributed by atoms with van der Waals surface area (Å²) in [7, 11) is -4.20. The quantitative estimate of drug-likeness (QED) is 0.143. The number of para-hydroxylation sites is 2. The van der Waals surface area contributed by atoms with Crippen molar-refractivity contribution in [2.24, 2.45) is 0 Å². The zero-order valence-electron chi connectivity index (χ0n) is 41.7. The highest BCUT2D eigenvalue weighted by Crippen LogP contribution is 2.49. The molecule has 1 aliphatic rings. The van der Waals surface area contributed by atoms with E-state index in [0.717, 1.165) is 71.2 Å². The summed E-state index contributed by atoms with van der Waals surface area (Å²) >= 11 is 0. The maximum Gasteiger partial charge on any atom is 0.269 e. The third-order valence-electron chi connectivity index (χ3n) is 15.4. The van der Waals surface area contributed by atoms with Crippen LogP contribution in [0.2, 0.25) is 0 Å². The number of hydrogen-bond donors (Lipinski definition) is 0. The number of fused-ring (bicyclic) bond motifs is 10. The van der Waals surface area contributed by atoms with Crippen LogP contribution in [0.5, 0.6) is 0 Å². The monoisotopic (exact) mass is 1030 g/mol. The van der Waals surface area contributed by atoms with Crippen molar-refractivity contribution in [2.45, 2.75) is 4.90 Å². The van der Waals surface area contributed by atoms with Gasteiger partial charge in [0.05, 0.1) is 78.2 Å². The summed E-state index contributed by atoms with van der Waals surface area (Å²) in [5.41, 5.74) is 14.2. The Labute approximate surface area is 450 Å². The normalized spacial score (nSPS) is 12.8. The SMILES string of the molecule is O=c1c2ccccc2c2ccc(-c3cc(-c4ccccn4)nc(-c4cccc(-c5ccc6c(c5)S(=O)(=O)n5c7ccccc7c7c(-c8cc(-c9ccccn9)nc(-c9ccccn9)c8)ccc-6c75)n4)c3)c3c4ccccc4n1c23. The maximum atomic E-state index is 15.5. The van der Waals surface area contributed by atoms with Crippen LogP contribution in [0, 0.1) is 0 Å². The van der Waals surface area contributed by atoms with E-state index >= 15 is 8.42 Å². The summed E-state index contributed by atoms with van der Waals surface area (Å²) in [4.78, 5) is 44.0. The van der Waals surface area contributed by atoms with E-state index in [1.54, 1.807) is 24.7 Å². The molecule has 12 heteroatoms. The smallest absolute Gasteiger partial charge is 0.269 e. The number of hydrogen-bond acceptors (Lipinski definition) is 9. The lowest BCUT2D eigenvalue weighted by atomic mass is 9.93. The Balaban J connectivity index is 0.849. The number of nitrogens with zero attached hydrogens (tertiary/aromatic N) is 8. The fourth-order valence-corrected chi connectivity index (χ4v) is 13.7. The molecule has 0 N–H and O–H groups in total. The molecule has 0 aliphatic carbocycles. The summed E-state index contributed by atoms with van der Waals surface area (Å²) < 4.78 is 34.3. The van der Waals surface area contributed by atoms with Crippen LogP contribution in [0.15, 0.2) is 241 Å². The Morgan fingerprint density at radius 3 is 1.42 bits per heavy atom. The lowest BCUT2D eigenvalue weighted by molar-refractivity contribution is 0.590. The second-order valence-corrected chi connectivity index (χ2v) is 21.5. The van der Waals surface area contributed by atoms with Crippen LogP contribution in [-0.4, -0.2) is 46.7 Å². The Kier molecular flexibility index (Phi) is 9.61. The van der Waals surface area contributed by atoms with Gasteiger partial charge in [0.1, 0.15) is 0 Å². The van der Waals surface area contributed by atoms with Gasteiger partial charge in [-0.2, -0.15) is 0 Å². The topological polar surface area (TPSA) is 138 Å². The zero-order valence-corrected chi connectivity index (χ0v) is 42.5. The van der Waals surface area contributed by atoms with Gasteiger partial charge in [0, 0.05) is 67.6 Å². The molecule has 16 rings (SSSR count). The van der Waals surface area contributed by atoms with Crippen LogP contribution in [0.3, 0.4) is 0 Å². The average molecular weight is 1040 g/mol. The third-order valence-corrected chi connectivity index (χ3v) is 17.1. The second kappa shape index (κ2) is 17.0. The maximum absolute atomic E-state index is 15.5. The molecule has 9 aromatic heterocycles. The van der Waals surface area contributed by atoms with Crippen molar-refractivity contribution in [1.29, 1.82) is 0 Å². The molecule has 0 radical (unpaired) electrons. The van der Waals surface area contributed by atoms with Gasteiger partial charge in [-0.05, 0) is 125 Å². The number of aromatic nitrogens is 8.